The Hall–Kier alpha value is -1.47. The lowest BCUT2D eigenvalue weighted by molar-refractivity contribution is -0.165. The van der Waals surface area contributed by atoms with E-state index in [4.69, 9.17) is 5.11 Å². The number of Topliss-reactive ketones (excluding diaryl/α,β-unsaturated/α-hetero) is 2. The van der Waals surface area contributed by atoms with E-state index < -0.39 is 66.7 Å². The summed E-state index contributed by atoms with van der Waals surface area (Å²) in [5, 5.41) is 68.3. The van der Waals surface area contributed by atoms with Gasteiger partial charge in [0.25, 0.3) is 11.7 Å². The molecule has 0 bridgehead atoms. The lowest BCUT2D eigenvalue weighted by atomic mass is 9.93. The number of ketones is 2. The molecule has 1 rings (SSSR count). The molecule has 0 spiro atoms. The topological polar surface area (TPSA) is 205 Å². The zero-order valence-corrected chi connectivity index (χ0v) is 11.1. The van der Waals surface area contributed by atoms with Crippen molar-refractivity contribution in [2.45, 2.75) is 42.7 Å². The minimum Gasteiger partial charge on any atom is -0.394 e. The molecule has 8 N–H and O–H groups in total. The molecular formula is C11H17NO10. The summed E-state index contributed by atoms with van der Waals surface area (Å²) in [6.07, 6.45) is -13.7. The molecule has 22 heavy (non-hydrogen) atoms. The third-order valence-corrected chi connectivity index (χ3v) is 3.35. The van der Waals surface area contributed by atoms with Crippen LogP contribution in [0.4, 0.5) is 0 Å². The van der Waals surface area contributed by atoms with Gasteiger partial charge in [-0.1, -0.05) is 0 Å². The molecule has 0 aromatic heterocycles. The Bertz CT molecular complexity index is 446. The van der Waals surface area contributed by atoms with E-state index in [9.17, 15) is 45.0 Å². The van der Waals surface area contributed by atoms with Crippen molar-refractivity contribution in [2.75, 3.05) is 6.61 Å². The quantitative estimate of drug-likeness (QED) is 0.214. The zero-order chi connectivity index (χ0) is 17.2. The second kappa shape index (κ2) is 7.19. The maximum atomic E-state index is 11.5. The van der Waals surface area contributed by atoms with Crippen LogP contribution < -0.4 is 5.32 Å². The second-order valence-electron chi connectivity index (χ2n) is 4.85. The van der Waals surface area contributed by atoms with Crippen LogP contribution in [0.15, 0.2) is 0 Å². The summed E-state index contributed by atoms with van der Waals surface area (Å²) in [5.41, 5.74) is 0. The Balaban J connectivity index is 3.23. The molecule has 6 unspecified atom stereocenters. The molecule has 11 nitrogen and oxygen atoms in total. The van der Waals surface area contributed by atoms with Crippen molar-refractivity contribution in [3.8, 4) is 0 Å². The Morgan fingerprint density at radius 3 is 1.73 bits per heavy atom. The molecule has 1 amide bonds. The third-order valence-electron chi connectivity index (χ3n) is 3.35. The maximum Gasteiger partial charge on any atom is 0.296 e. The van der Waals surface area contributed by atoms with E-state index in [-0.39, 0.29) is 0 Å². The van der Waals surface area contributed by atoms with Gasteiger partial charge in [0.15, 0.2) is 0 Å². The highest BCUT2D eigenvalue weighted by atomic mass is 16.4. The van der Waals surface area contributed by atoms with Gasteiger partial charge in [-0.3, -0.25) is 14.4 Å². The number of carbonyl (C=O) groups is 3. The van der Waals surface area contributed by atoms with Gasteiger partial charge in [0.1, 0.15) is 36.6 Å². The molecule has 0 saturated carbocycles. The molecule has 1 heterocycles. The van der Waals surface area contributed by atoms with E-state index >= 15 is 0 Å². The van der Waals surface area contributed by atoms with E-state index in [0.29, 0.717) is 0 Å². The maximum absolute atomic E-state index is 11.5. The molecule has 11 heteroatoms. The Morgan fingerprint density at radius 2 is 1.23 bits per heavy atom. The number of aliphatic hydroxyl groups is 7. The Morgan fingerprint density at radius 1 is 0.773 bits per heavy atom. The van der Waals surface area contributed by atoms with Crippen molar-refractivity contribution < 1.29 is 50.1 Å². The summed E-state index contributed by atoms with van der Waals surface area (Å²) in [6, 6.07) is -1.64. The van der Waals surface area contributed by atoms with Gasteiger partial charge in [0.05, 0.1) is 12.6 Å². The first-order chi connectivity index (χ1) is 10.1. The van der Waals surface area contributed by atoms with Crippen LogP contribution in [0.2, 0.25) is 0 Å². The highest BCUT2D eigenvalue weighted by molar-refractivity contribution is 6.64. The normalized spacial score (nSPS) is 41.8. The largest absolute Gasteiger partial charge is 0.394 e. The molecule has 0 aromatic rings. The van der Waals surface area contributed by atoms with E-state index in [2.05, 4.69) is 0 Å². The van der Waals surface area contributed by atoms with Crippen molar-refractivity contribution in [3.05, 3.63) is 0 Å². The number of hydrogen-bond donors (Lipinski definition) is 8. The fraction of sp³-hybridized carbons (Fsp3) is 0.727. The first-order valence-electron chi connectivity index (χ1n) is 6.21. The Labute approximate surface area is 123 Å². The summed E-state index contributed by atoms with van der Waals surface area (Å²) < 4.78 is 0. The number of nitrogens with one attached hydrogen (secondary N) is 1. The van der Waals surface area contributed by atoms with Gasteiger partial charge in [0.2, 0.25) is 5.78 Å². The van der Waals surface area contributed by atoms with Crippen molar-refractivity contribution in [3.63, 3.8) is 0 Å². The fourth-order valence-electron chi connectivity index (χ4n) is 1.91. The number of amides is 1. The standard InChI is InChI=1S/C11H17NO10/c13-1-2-3(14)4(15)5(16)6(17)7(18)8(19)9(20)10(21)11(22)12-2/h2-8,13-19H,1H2,(H,12,22)/t2-,3?,4?,5?,6?,7?,8?/m1/s1. The predicted octanol–water partition coefficient (Wildman–Crippen LogP) is -6.22. The number of carbonyl (C=O) groups excluding carboxylic acids is 3. The molecule has 1 aliphatic rings. The van der Waals surface area contributed by atoms with E-state index in [0.717, 1.165) is 0 Å². The summed E-state index contributed by atoms with van der Waals surface area (Å²) in [4.78, 5) is 34.5. The monoisotopic (exact) mass is 323 g/mol. The predicted molar refractivity (Wildman–Crippen MR) is 65.1 cm³/mol. The summed E-state index contributed by atoms with van der Waals surface area (Å²) >= 11 is 0. The molecule has 1 fully saturated rings. The van der Waals surface area contributed by atoms with Gasteiger partial charge in [-0.2, -0.15) is 0 Å². The molecule has 126 valence electrons. The van der Waals surface area contributed by atoms with E-state index in [1.54, 1.807) is 5.32 Å². The van der Waals surface area contributed by atoms with Gasteiger partial charge in [-0.25, -0.2) is 0 Å². The summed E-state index contributed by atoms with van der Waals surface area (Å²) in [7, 11) is 0. The van der Waals surface area contributed by atoms with Crippen molar-refractivity contribution in [1.29, 1.82) is 0 Å². The van der Waals surface area contributed by atoms with Crippen LogP contribution in [0.5, 0.6) is 0 Å². The van der Waals surface area contributed by atoms with Gasteiger partial charge in [-0.05, 0) is 0 Å². The summed E-state index contributed by atoms with van der Waals surface area (Å²) in [5.74, 6) is -5.17. The van der Waals surface area contributed by atoms with Crippen LogP contribution in [0.1, 0.15) is 0 Å². The van der Waals surface area contributed by atoms with Crippen LogP contribution in [0.25, 0.3) is 0 Å². The van der Waals surface area contributed by atoms with Crippen LogP contribution >= 0.6 is 0 Å². The van der Waals surface area contributed by atoms with Crippen molar-refractivity contribution >= 4 is 17.5 Å². The third kappa shape index (κ3) is 3.47. The highest BCUT2D eigenvalue weighted by Crippen LogP contribution is 2.15. The fourth-order valence-corrected chi connectivity index (χ4v) is 1.91. The van der Waals surface area contributed by atoms with Gasteiger partial charge < -0.3 is 41.1 Å². The molecule has 1 aliphatic heterocycles. The second-order valence-corrected chi connectivity index (χ2v) is 4.85. The lowest BCUT2D eigenvalue weighted by Gasteiger charge is -2.32. The smallest absolute Gasteiger partial charge is 0.296 e. The Kier molecular flexibility index (Phi) is 6.08. The first-order valence-corrected chi connectivity index (χ1v) is 6.21. The SMILES string of the molecule is O=C1N[C@H](CO)C(O)C(O)C(O)C(O)C(O)C(O)C(=O)C1=O. The molecule has 0 aromatic carbocycles. The molecule has 0 aliphatic carbocycles. The highest BCUT2D eigenvalue weighted by Gasteiger charge is 2.45. The van der Waals surface area contributed by atoms with Crippen LogP contribution in [-0.2, 0) is 14.4 Å². The van der Waals surface area contributed by atoms with Crippen molar-refractivity contribution in [1.82, 2.24) is 5.32 Å². The van der Waals surface area contributed by atoms with Gasteiger partial charge >= 0.3 is 0 Å². The van der Waals surface area contributed by atoms with Gasteiger partial charge in [-0.15, -0.1) is 0 Å². The molecular weight excluding hydrogens is 306 g/mol. The van der Waals surface area contributed by atoms with E-state index in [1.165, 1.54) is 0 Å². The molecule has 0 radical (unpaired) electrons. The first kappa shape index (κ1) is 18.6. The van der Waals surface area contributed by atoms with E-state index in [1.807, 2.05) is 0 Å². The number of rotatable bonds is 1. The number of aliphatic hydroxyl groups excluding tert-OH is 7. The molecule has 1 saturated heterocycles. The number of hydrogen-bond acceptors (Lipinski definition) is 10. The lowest BCUT2D eigenvalue weighted by Crippen LogP contribution is -2.57. The van der Waals surface area contributed by atoms with Gasteiger partial charge in [0, 0.05) is 0 Å². The minimum atomic E-state index is -2.53. The van der Waals surface area contributed by atoms with Crippen LogP contribution in [0.3, 0.4) is 0 Å². The minimum absolute atomic E-state index is 0.973. The van der Waals surface area contributed by atoms with Crippen molar-refractivity contribution in [2.24, 2.45) is 0 Å². The summed E-state index contributed by atoms with van der Waals surface area (Å²) in [6.45, 7) is -0.973. The zero-order valence-electron chi connectivity index (χ0n) is 11.1. The average Bonchev–Trinajstić information content (AvgIpc) is 2.53. The van der Waals surface area contributed by atoms with Crippen LogP contribution in [0, 0.1) is 0 Å². The van der Waals surface area contributed by atoms with Crippen LogP contribution in [-0.4, -0.2) is 102 Å². The molecule has 7 atom stereocenters. The average molecular weight is 323 g/mol.